The summed E-state index contributed by atoms with van der Waals surface area (Å²) in [5, 5.41) is 20.7. The topological polar surface area (TPSA) is 143 Å². The van der Waals surface area contributed by atoms with Crippen LogP contribution < -0.4 is 0 Å². The molecular formula is C28H26N2O7S2. The number of nitrogens with zero attached hydrogens (tertiary/aromatic N) is 2. The number of nitro benzene ring substituents is 2. The van der Waals surface area contributed by atoms with E-state index in [0.29, 0.717) is 18.2 Å². The SMILES string of the molecule is CC(C)(C)c1ccc([S+](c2ccccc2)c2ccccc2)cc1.O=[N+]([O-])c1cc([N+](=O)[O-])cc(S(=O)(=O)[O-])c1. The summed E-state index contributed by atoms with van der Waals surface area (Å²) in [6.45, 7) is 6.78. The summed E-state index contributed by atoms with van der Waals surface area (Å²) in [5.74, 6) is 0. The van der Waals surface area contributed by atoms with Gasteiger partial charge >= 0.3 is 0 Å². The van der Waals surface area contributed by atoms with Crippen molar-refractivity contribution >= 4 is 32.4 Å². The fourth-order valence-corrected chi connectivity index (χ4v) is 6.15. The minimum absolute atomic E-state index is 0.0497. The first-order valence-electron chi connectivity index (χ1n) is 11.6. The average molecular weight is 567 g/mol. The van der Waals surface area contributed by atoms with Gasteiger partial charge < -0.3 is 4.55 Å². The summed E-state index contributed by atoms with van der Waals surface area (Å²) in [4.78, 5) is 21.7. The molecule has 0 heterocycles. The first kappa shape index (κ1) is 29.5. The van der Waals surface area contributed by atoms with Crippen LogP contribution in [0.1, 0.15) is 26.3 Å². The van der Waals surface area contributed by atoms with E-state index in [9.17, 15) is 33.2 Å². The van der Waals surface area contributed by atoms with Crippen molar-refractivity contribution in [2.75, 3.05) is 0 Å². The van der Waals surface area contributed by atoms with E-state index < -0.39 is 36.2 Å². The Morgan fingerprint density at radius 2 is 1.03 bits per heavy atom. The van der Waals surface area contributed by atoms with Crippen molar-refractivity contribution in [1.29, 1.82) is 0 Å². The molecule has 0 saturated heterocycles. The Bertz CT molecular complexity index is 1480. The van der Waals surface area contributed by atoms with Gasteiger partial charge in [-0.15, -0.1) is 0 Å². The van der Waals surface area contributed by atoms with E-state index in [1.165, 1.54) is 20.2 Å². The molecule has 0 aliphatic carbocycles. The molecule has 202 valence electrons. The molecule has 4 aromatic rings. The van der Waals surface area contributed by atoms with E-state index in [2.05, 4.69) is 106 Å². The molecule has 0 radical (unpaired) electrons. The van der Waals surface area contributed by atoms with Crippen LogP contribution in [0.2, 0.25) is 0 Å². The molecule has 0 bridgehead atoms. The van der Waals surface area contributed by atoms with Gasteiger partial charge in [0.05, 0.1) is 31.7 Å². The van der Waals surface area contributed by atoms with Crippen LogP contribution >= 0.6 is 0 Å². The van der Waals surface area contributed by atoms with Gasteiger partial charge in [-0.3, -0.25) is 20.2 Å². The monoisotopic (exact) mass is 566 g/mol. The molecule has 0 saturated carbocycles. The number of non-ortho nitro benzene ring substituents is 2. The van der Waals surface area contributed by atoms with Gasteiger partial charge in [-0.25, -0.2) is 8.42 Å². The first-order chi connectivity index (χ1) is 18.3. The smallest absolute Gasteiger partial charge is 0.277 e. The maximum Gasteiger partial charge on any atom is 0.277 e. The highest BCUT2D eigenvalue weighted by atomic mass is 32.2. The van der Waals surface area contributed by atoms with Crippen LogP contribution in [0.5, 0.6) is 0 Å². The summed E-state index contributed by atoms with van der Waals surface area (Å²) >= 11 is 0. The van der Waals surface area contributed by atoms with Gasteiger partial charge in [-0.05, 0) is 47.4 Å². The quantitative estimate of drug-likeness (QED) is 0.112. The van der Waals surface area contributed by atoms with Crippen molar-refractivity contribution in [1.82, 2.24) is 0 Å². The van der Waals surface area contributed by atoms with Gasteiger partial charge in [-0.2, -0.15) is 0 Å². The van der Waals surface area contributed by atoms with Crippen LogP contribution in [0.4, 0.5) is 11.4 Å². The Balaban J connectivity index is 0.000000231. The van der Waals surface area contributed by atoms with E-state index >= 15 is 0 Å². The van der Waals surface area contributed by atoms with Crippen LogP contribution in [0.25, 0.3) is 0 Å². The molecule has 11 heteroatoms. The average Bonchev–Trinajstić information content (AvgIpc) is 2.89. The largest absolute Gasteiger partial charge is 0.744 e. The van der Waals surface area contributed by atoms with Gasteiger partial charge in [-0.1, -0.05) is 69.3 Å². The molecule has 39 heavy (non-hydrogen) atoms. The fourth-order valence-electron chi connectivity index (χ4n) is 3.54. The zero-order valence-electron chi connectivity index (χ0n) is 21.4. The van der Waals surface area contributed by atoms with Gasteiger partial charge in [0.25, 0.3) is 11.4 Å². The van der Waals surface area contributed by atoms with Crippen molar-refractivity contribution < 1.29 is 22.8 Å². The lowest BCUT2D eigenvalue weighted by Crippen LogP contribution is -2.11. The Kier molecular flexibility index (Phi) is 9.23. The van der Waals surface area contributed by atoms with Gasteiger partial charge in [0.1, 0.15) is 10.1 Å². The molecule has 0 N–H and O–H groups in total. The molecule has 0 atom stereocenters. The Labute approximate surface area is 229 Å². The van der Waals surface area contributed by atoms with Crippen molar-refractivity contribution in [3.63, 3.8) is 0 Å². The van der Waals surface area contributed by atoms with Gasteiger partial charge in [0, 0.05) is 12.1 Å². The first-order valence-corrected chi connectivity index (χ1v) is 14.3. The lowest BCUT2D eigenvalue weighted by molar-refractivity contribution is -0.394. The highest BCUT2D eigenvalue weighted by molar-refractivity contribution is 7.97. The number of nitro groups is 2. The normalized spacial score (nSPS) is 11.4. The standard InChI is InChI=1S/C22H23S.C6H4N2O7S/c1-22(2,3)18-14-16-21(17-15-18)23(19-10-6-4-7-11-19)20-12-8-5-9-13-20;9-7(10)4-1-5(8(11)12)3-6(2-4)16(13,14)15/h4-17H,1-3H3;1-3H,(H,13,14,15)/q+1;/p-1. The van der Waals surface area contributed by atoms with Gasteiger partial charge in [0.2, 0.25) is 0 Å². The van der Waals surface area contributed by atoms with Crippen LogP contribution in [-0.4, -0.2) is 22.8 Å². The van der Waals surface area contributed by atoms with Crippen molar-refractivity contribution in [3.8, 4) is 0 Å². The number of hydrogen-bond donors (Lipinski definition) is 0. The van der Waals surface area contributed by atoms with E-state index in [0.717, 1.165) is 0 Å². The molecule has 4 rings (SSSR count). The molecule has 0 aromatic heterocycles. The predicted octanol–water partition coefficient (Wildman–Crippen LogP) is 6.49. The third-order valence-electron chi connectivity index (χ3n) is 5.50. The number of rotatable bonds is 6. The Hall–Kier alpha value is -4.06. The molecule has 0 fully saturated rings. The van der Waals surface area contributed by atoms with E-state index in [1.807, 2.05) is 0 Å². The lowest BCUT2D eigenvalue weighted by atomic mass is 9.87. The molecule has 9 nitrogen and oxygen atoms in total. The second-order valence-corrected chi connectivity index (χ2v) is 12.8. The molecular weight excluding hydrogens is 540 g/mol. The maximum atomic E-state index is 10.6. The van der Waals surface area contributed by atoms with Crippen molar-refractivity contribution in [3.05, 3.63) is 129 Å². The van der Waals surface area contributed by atoms with Gasteiger partial charge in [0.15, 0.2) is 14.7 Å². The third kappa shape index (κ3) is 7.96. The molecule has 0 spiro atoms. The van der Waals surface area contributed by atoms with E-state index in [4.69, 9.17) is 0 Å². The third-order valence-corrected chi connectivity index (χ3v) is 8.54. The Morgan fingerprint density at radius 1 is 0.641 bits per heavy atom. The molecule has 0 aliphatic heterocycles. The molecule has 0 unspecified atom stereocenters. The molecule has 4 aromatic carbocycles. The highest BCUT2D eigenvalue weighted by Crippen LogP contribution is 2.32. The summed E-state index contributed by atoms with van der Waals surface area (Å²) in [5.41, 5.74) is -0.0884. The number of hydrogen-bond acceptors (Lipinski definition) is 7. The lowest BCUT2D eigenvalue weighted by Gasteiger charge is -2.19. The minimum Gasteiger partial charge on any atom is -0.744 e. The van der Waals surface area contributed by atoms with Crippen molar-refractivity contribution in [2.45, 2.75) is 45.8 Å². The highest BCUT2D eigenvalue weighted by Gasteiger charge is 2.28. The Morgan fingerprint density at radius 3 is 1.36 bits per heavy atom. The summed E-state index contributed by atoms with van der Waals surface area (Å²) < 4.78 is 31.7. The van der Waals surface area contributed by atoms with Crippen LogP contribution in [-0.2, 0) is 26.4 Å². The summed E-state index contributed by atoms with van der Waals surface area (Å²) in [7, 11) is -5.02. The second kappa shape index (κ2) is 12.2. The van der Waals surface area contributed by atoms with Crippen LogP contribution in [0, 0.1) is 20.2 Å². The van der Waals surface area contributed by atoms with Crippen molar-refractivity contribution in [2.24, 2.45) is 0 Å². The zero-order chi connectivity index (χ0) is 28.8. The number of benzene rings is 4. The minimum atomic E-state index is -4.97. The summed E-state index contributed by atoms with van der Waals surface area (Å²) in [6.07, 6.45) is 0. The predicted molar refractivity (Wildman–Crippen MR) is 148 cm³/mol. The molecule has 0 amide bonds. The molecule has 0 aliphatic rings. The van der Waals surface area contributed by atoms with E-state index in [-0.39, 0.29) is 16.3 Å². The maximum absolute atomic E-state index is 10.6. The fraction of sp³-hybridized carbons (Fsp3) is 0.143. The second-order valence-electron chi connectivity index (χ2n) is 9.36. The van der Waals surface area contributed by atoms with E-state index in [1.54, 1.807) is 0 Å². The van der Waals surface area contributed by atoms with Crippen LogP contribution in [0.3, 0.4) is 0 Å². The van der Waals surface area contributed by atoms with Crippen LogP contribution in [0.15, 0.2) is 123 Å². The zero-order valence-corrected chi connectivity index (χ0v) is 23.0. The summed E-state index contributed by atoms with van der Waals surface area (Å²) in [6, 6.07) is 32.2.